The molecule has 0 amide bonds. The van der Waals surface area contributed by atoms with Crippen molar-refractivity contribution in [1.82, 2.24) is 4.98 Å². The van der Waals surface area contributed by atoms with Gasteiger partial charge in [0.25, 0.3) is 10.0 Å². The summed E-state index contributed by atoms with van der Waals surface area (Å²) in [6.45, 7) is 0. The lowest BCUT2D eigenvalue weighted by molar-refractivity contribution is 0.0598. The number of hydrogen-bond donors (Lipinski definition) is 1. The minimum absolute atomic E-state index is 0.0962. The molecule has 1 N–H and O–H groups in total. The van der Waals surface area contributed by atoms with Crippen LogP contribution in [0, 0.1) is 0 Å². The van der Waals surface area contributed by atoms with Crippen LogP contribution in [-0.2, 0) is 19.5 Å². The second kappa shape index (κ2) is 7.97. The van der Waals surface area contributed by atoms with E-state index < -0.39 is 22.0 Å². The van der Waals surface area contributed by atoms with Gasteiger partial charge in [-0.3, -0.25) is 4.72 Å². The number of fused-ring (bicyclic) bond motifs is 3. The number of benzene rings is 3. The van der Waals surface area contributed by atoms with E-state index in [0.29, 0.717) is 5.52 Å². The molecule has 0 aliphatic rings. The number of carbonyl (C=O) groups excluding carboxylic acids is 2. The lowest BCUT2D eigenvalue weighted by Gasteiger charge is -2.09. The topological polar surface area (TPSA) is 112 Å². The van der Waals surface area contributed by atoms with Crippen LogP contribution in [0.5, 0.6) is 0 Å². The van der Waals surface area contributed by atoms with Gasteiger partial charge in [0, 0.05) is 5.39 Å². The molecule has 0 saturated carbocycles. The van der Waals surface area contributed by atoms with Gasteiger partial charge in [0.15, 0.2) is 5.13 Å². The number of nitrogens with zero attached hydrogens (tertiary/aromatic N) is 1. The second-order valence-corrected chi connectivity index (χ2v) is 9.20. The fraction of sp³-hybridized carbons (Fsp3) is 0.0952. The van der Waals surface area contributed by atoms with Crippen molar-refractivity contribution >= 4 is 59.4 Å². The first-order valence-electron chi connectivity index (χ1n) is 8.95. The number of esters is 2. The quantitative estimate of drug-likeness (QED) is 0.454. The number of methoxy groups -OCH3 is 2. The summed E-state index contributed by atoms with van der Waals surface area (Å²) in [5.74, 6) is -1.57. The molecule has 1 aromatic heterocycles. The summed E-state index contributed by atoms with van der Waals surface area (Å²) < 4.78 is 38.6. The number of sulfonamides is 1. The largest absolute Gasteiger partial charge is 0.465 e. The SMILES string of the molecule is COC(=O)c1cc(C(=O)OC)cc(S(=O)(=O)Nc2nc3c(ccc4ccccc43)s2)c1. The first-order valence-corrected chi connectivity index (χ1v) is 11.2. The third kappa shape index (κ3) is 3.94. The summed E-state index contributed by atoms with van der Waals surface area (Å²) in [6.07, 6.45) is 0. The van der Waals surface area contributed by atoms with E-state index in [0.717, 1.165) is 41.8 Å². The Morgan fingerprint density at radius 1 is 0.935 bits per heavy atom. The van der Waals surface area contributed by atoms with Gasteiger partial charge in [-0.15, -0.1) is 0 Å². The number of anilines is 1. The number of ether oxygens (including phenoxy) is 2. The second-order valence-electron chi connectivity index (χ2n) is 6.49. The molecule has 0 fully saturated rings. The first-order chi connectivity index (χ1) is 14.8. The zero-order valence-corrected chi connectivity index (χ0v) is 18.0. The zero-order chi connectivity index (χ0) is 22.2. The van der Waals surface area contributed by atoms with Gasteiger partial charge >= 0.3 is 11.9 Å². The molecule has 0 aliphatic heterocycles. The van der Waals surface area contributed by atoms with Gasteiger partial charge in [-0.2, -0.15) is 0 Å². The Hall–Kier alpha value is -3.50. The predicted molar refractivity (Wildman–Crippen MR) is 117 cm³/mol. The highest BCUT2D eigenvalue weighted by Gasteiger charge is 2.22. The maximum Gasteiger partial charge on any atom is 0.337 e. The molecule has 31 heavy (non-hydrogen) atoms. The number of carbonyl (C=O) groups is 2. The monoisotopic (exact) mass is 456 g/mol. The summed E-state index contributed by atoms with van der Waals surface area (Å²) in [5.41, 5.74) is 0.487. The van der Waals surface area contributed by atoms with Crippen LogP contribution in [0.3, 0.4) is 0 Å². The number of rotatable bonds is 5. The molecule has 0 spiro atoms. The van der Waals surface area contributed by atoms with Crippen LogP contribution in [0.4, 0.5) is 5.13 Å². The molecule has 0 unspecified atom stereocenters. The maximum atomic E-state index is 13.0. The third-order valence-electron chi connectivity index (χ3n) is 4.56. The number of hydrogen-bond acceptors (Lipinski definition) is 8. The Morgan fingerprint density at radius 2 is 1.58 bits per heavy atom. The van der Waals surface area contributed by atoms with Crippen molar-refractivity contribution in [2.45, 2.75) is 4.90 Å². The Balaban J connectivity index is 1.77. The minimum Gasteiger partial charge on any atom is -0.465 e. The Morgan fingerprint density at radius 3 is 2.23 bits per heavy atom. The zero-order valence-electron chi connectivity index (χ0n) is 16.4. The average molecular weight is 457 g/mol. The van der Waals surface area contributed by atoms with Crippen LogP contribution >= 0.6 is 11.3 Å². The average Bonchev–Trinajstić information content (AvgIpc) is 3.19. The van der Waals surface area contributed by atoms with E-state index in [9.17, 15) is 18.0 Å². The molecule has 4 rings (SSSR count). The first kappa shape index (κ1) is 20.8. The van der Waals surface area contributed by atoms with E-state index >= 15 is 0 Å². The van der Waals surface area contributed by atoms with Crippen molar-refractivity contribution in [3.63, 3.8) is 0 Å². The van der Waals surface area contributed by atoms with E-state index in [4.69, 9.17) is 0 Å². The predicted octanol–water partition coefficient (Wildman–Crippen LogP) is 3.82. The van der Waals surface area contributed by atoms with Crippen LogP contribution in [0.1, 0.15) is 20.7 Å². The molecule has 10 heteroatoms. The van der Waals surface area contributed by atoms with Crippen molar-refractivity contribution in [3.8, 4) is 0 Å². The van der Waals surface area contributed by atoms with E-state index in [2.05, 4.69) is 19.2 Å². The Labute approximate surface area is 181 Å². The minimum atomic E-state index is -4.16. The van der Waals surface area contributed by atoms with Gasteiger partial charge in [0.1, 0.15) is 0 Å². The lowest BCUT2D eigenvalue weighted by atomic mass is 10.1. The highest BCUT2D eigenvalue weighted by Crippen LogP contribution is 2.33. The van der Waals surface area contributed by atoms with Crippen molar-refractivity contribution in [3.05, 3.63) is 65.7 Å². The molecule has 0 aliphatic carbocycles. The van der Waals surface area contributed by atoms with Crippen LogP contribution < -0.4 is 4.72 Å². The van der Waals surface area contributed by atoms with Crippen molar-refractivity contribution in [1.29, 1.82) is 0 Å². The lowest BCUT2D eigenvalue weighted by Crippen LogP contribution is -2.16. The van der Waals surface area contributed by atoms with E-state index in [1.54, 1.807) is 0 Å². The van der Waals surface area contributed by atoms with Crippen LogP contribution in [0.2, 0.25) is 0 Å². The van der Waals surface area contributed by atoms with Gasteiger partial charge in [-0.25, -0.2) is 23.0 Å². The fourth-order valence-electron chi connectivity index (χ4n) is 3.10. The van der Waals surface area contributed by atoms with E-state index in [1.165, 1.54) is 17.4 Å². The molecule has 8 nitrogen and oxygen atoms in total. The maximum absolute atomic E-state index is 13.0. The molecule has 0 saturated heterocycles. The van der Waals surface area contributed by atoms with Gasteiger partial charge in [0.2, 0.25) is 0 Å². The molecule has 0 atom stereocenters. The highest BCUT2D eigenvalue weighted by molar-refractivity contribution is 7.93. The summed E-state index contributed by atoms with van der Waals surface area (Å²) >= 11 is 1.18. The van der Waals surface area contributed by atoms with Gasteiger partial charge in [0.05, 0.1) is 40.5 Å². The summed E-state index contributed by atoms with van der Waals surface area (Å²) in [4.78, 5) is 28.1. The van der Waals surface area contributed by atoms with Crippen molar-refractivity contribution in [2.24, 2.45) is 0 Å². The van der Waals surface area contributed by atoms with E-state index in [-0.39, 0.29) is 21.2 Å². The van der Waals surface area contributed by atoms with E-state index in [1.807, 2.05) is 36.4 Å². The summed E-state index contributed by atoms with van der Waals surface area (Å²) in [7, 11) is -1.84. The van der Waals surface area contributed by atoms with Crippen LogP contribution in [-0.4, -0.2) is 39.6 Å². The molecule has 1 heterocycles. The normalized spacial score (nSPS) is 11.4. The van der Waals surface area contributed by atoms with Gasteiger partial charge in [-0.05, 0) is 29.7 Å². The molecule has 0 radical (unpaired) electrons. The fourth-order valence-corrected chi connectivity index (χ4v) is 5.29. The Kier molecular flexibility index (Phi) is 5.34. The smallest absolute Gasteiger partial charge is 0.337 e. The van der Waals surface area contributed by atoms with Crippen molar-refractivity contribution < 1.29 is 27.5 Å². The molecule has 4 aromatic rings. The van der Waals surface area contributed by atoms with Crippen LogP contribution in [0.25, 0.3) is 21.0 Å². The number of thiazole rings is 1. The summed E-state index contributed by atoms with van der Waals surface area (Å²) in [5, 5.41) is 2.06. The van der Waals surface area contributed by atoms with Gasteiger partial charge in [-0.1, -0.05) is 41.7 Å². The molecule has 3 aromatic carbocycles. The summed E-state index contributed by atoms with van der Waals surface area (Å²) in [6, 6.07) is 14.9. The van der Waals surface area contributed by atoms with Crippen LogP contribution in [0.15, 0.2) is 59.5 Å². The van der Waals surface area contributed by atoms with Gasteiger partial charge < -0.3 is 9.47 Å². The van der Waals surface area contributed by atoms with Crippen molar-refractivity contribution in [2.75, 3.05) is 18.9 Å². The standard InChI is InChI=1S/C21H16N2O6S2/c1-28-19(24)13-9-14(20(25)29-2)11-15(10-13)31(26,27)23-21-22-18-16-6-4-3-5-12(16)7-8-17(18)30-21/h3-11H,1-2H3,(H,22,23). The molecule has 0 bridgehead atoms. The third-order valence-corrected chi connectivity index (χ3v) is 6.95. The molecular formula is C21H16N2O6S2. The number of nitrogens with one attached hydrogen (secondary N) is 1. The Bertz CT molecular complexity index is 1410. The molecule has 158 valence electrons. The highest BCUT2D eigenvalue weighted by atomic mass is 32.2. The number of aromatic nitrogens is 1. The molecular weight excluding hydrogens is 440 g/mol.